The van der Waals surface area contributed by atoms with Gasteiger partial charge in [0.15, 0.2) is 0 Å². The normalized spacial score (nSPS) is 18.3. The fourth-order valence-corrected chi connectivity index (χ4v) is 6.70. The van der Waals surface area contributed by atoms with Crippen LogP contribution in [-0.4, -0.2) is 51.3 Å². The van der Waals surface area contributed by atoms with Crippen molar-refractivity contribution in [1.82, 2.24) is 24.5 Å². The number of hydrogen-bond acceptors (Lipinski definition) is 9. The van der Waals surface area contributed by atoms with E-state index in [1.54, 1.807) is 25.6 Å². The predicted octanol–water partition coefficient (Wildman–Crippen LogP) is 3.88. The molecule has 1 aliphatic carbocycles. The monoisotopic (exact) mass is 549 g/mol. The van der Waals surface area contributed by atoms with Crippen LogP contribution in [0.2, 0.25) is 5.02 Å². The molecule has 3 aromatic heterocycles. The van der Waals surface area contributed by atoms with E-state index in [1.165, 1.54) is 28.2 Å². The van der Waals surface area contributed by atoms with Crippen LogP contribution in [-0.2, 0) is 17.7 Å². The highest BCUT2D eigenvalue weighted by Crippen LogP contribution is 2.50. The molecular weight excluding hydrogens is 522 g/mol. The Bertz CT molecular complexity index is 1540. The third-order valence-corrected chi connectivity index (χ3v) is 9.27. The predicted molar refractivity (Wildman–Crippen MR) is 148 cm³/mol. The van der Waals surface area contributed by atoms with Crippen molar-refractivity contribution < 1.29 is 4.74 Å². The van der Waals surface area contributed by atoms with Gasteiger partial charge in [-0.15, -0.1) is 0 Å². The molecule has 4 aromatic rings. The molecule has 38 heavy (non-hydrogen) atoms. The van der Waals surface area contributed by atoms with E-state index in [9.17, 15) is 4.79 Å². The average molecular weight is 550 g/mol. The molecule has 4 heterocycles. The third-order valence-electron chi connectivity index (χ3n) is 7.78. The van der Waals surface area contributed by atoms with Gasteiger partial charge in [0.25, 0.3) is 5.56 Å². The Morgan fingerprint density at radius 1 is 1.16 bits per heavy atom. The minimum atomic E-state index is -0.190. The zero-order valence-electron chi connectivity index (χ0n) is 21.0. The van der Waals surface area contributed by atoms with Crippen molar-refractivity contribution in [2.75, 3.05) is 31.7 Å². The topological polar surface area (TPSA) is 112 Å². The second kappa shape index (κ2) is 10.3. The first-order valence-corrected chi connectivity index (χ1v) is 13.8. The summed E-state index contributed by atoms with van der Waals surface area (Å²) in [6.45, 7) is 2.58. The lowest BCUT2D eigenvalue weighted by molar-refractivity contribution is 0.186. The molecule has 196 valence electrons. The Kier molecular flexibility index (Phi) is 6.81. The van der Waals surface area contributed by atoms with Gasteiger partial charge in [-0.3, -0.25) is 14.3 Å². The number of halogens is 1. The molecule has 1 fully saturated rings. The van der Waals surface area contributed by atoms with Crippen molar-refractivity contribution in [2.45, 2.75) is 41.8 Å². The number of nitrogens with two attached hydrogens (primary N) is 1. The summed E-state index contributed by atoms with van der Waals surface area (Å²) in [6, 6.07) is 7.79. The molecule has 0 bridgehead atoms. The summed E-state index contributed by atoms with van der Waals surface area (Å²) in [5, 5.41) is 1.46. The van der Waals surface area contributed by atoms with E-state index in [1.807, 2.05) is 18.3 Å². The Morgan fingerprint density at radius 3 is 2.74 bits per heavy atom. The zero-order valence-corrected chi connectivity index (χ0v) is 22.6. The van der Waals surface area contributed by atoms with Crippen LogP contribution >= 0.6 is 23.4 Å². The lowest BCUT2D eigenvalue weighted by atomic mass is 9.73. The fraction of sp³-hybridized carbons (Fsp3) is 0.370. The largest absolute Gasteiger partial charge is 0.383 e. The van der Waals surface area contributed by atoms with Crippen LogP contribution in [0.1, 0.15) is 30.1 Å². The van der Waals surface area contributed by atoms with Gasteiger partial charge in [-0.05, 0) is 48.4 Å². The van der Waals surface area contributed by atoms with Gasteiger partial charge in [0.1, 0.15) is 10.8 Å². The molecule has 0 saturated carbocycles. The zero-order chi connectivity index (χ0) is 26.3. The van der Waals surface area contributed by atoms with E-state index in [-0.39, 0.29) is 17.0 Å². The Balaban J connectivity index is 1.15. The summed E-state index contributed by atoms with van der Waals surface area (Å²) in [7, 11) is 1.59. The molecule has 11 heteroatoms. The van der Waals surface area contributed by atoms with E-state index in [0.29, 0.717) is 34.1 Å². The highest BCUT2D eigenvalue weighted by Gasteiger charge is 2.46. The average Bonchev–Trinajstić information content (AvgIpc) is 3.21. The molecule has 1 aromatic carbocycles. The number of pyridine rings is 1. The Hall–Kier alpha value is -3.05. The Morgan fingerprint density at radius 2 is 2.00 bits per heavy atom. The molecule has 1 atom stereocenters. The molecule has 0 radical (unpaired) electrons. The van der Waals surface area contributed by atoms with Crippen molar-refractivity contribution in [3.63, 3.8) is 0 Å². The number of ether oxygens (including phenoxy) is 1. The van der Waals surface area contributed by atoms with Gasteiger partial charge in [-0.1, -0.05) is 29.4 Å². The summed E-state index contributed by atoms with van der Waals surface area (Å²) in [6.07, 6.45) is 9.87. The van der Waals surface area contributed by atoms with Gasteiger partial charge in [0, 0.05) is 43.0 Å². The highest BCUT2D eigenvalue weighted by molar-refractivity contribution is 7.99. The lowest BCUT2D eigenvalue weighted by Crippen LogP contribution is -2.44. The maximum atomic E-state index is 13.0. The smallest absolute Gasteiger partial charge is 0.262 e. The Labute approximate surface area is 229 Å². The van der Waals surface area contributed by atoms with Crippen LogP contribution < -0.4 is 16.2 Å². The molecule has 0 unspecified atom stereocenters. The van der Waals surface area contributed by atoms with Gasteiger partial charge in [-0.2, -0.15) is 0 Å². The first-order chi connectivity index (χ1) is 18.5. The van der Waals surface area contributed by atoms with Gasteiger partial charge in [0.05, 0.1) is 47.8 Å². The van der Waals surface area contributed by atoms with Crippen LogP contribution in [0.3, 0.4) is 0 Å². The molecule has 0 amide bonds. The van der Waals surface area contributed by atoms with E-state index >= 15 is 0 Å². The molecule has 1 saturated heterocycles. The summed E-state index contributed by atoms with van der Waals surface area (Å²) in [5.74, 6) is 0.848. The number of rotatable bonds is 6. The molecule has 1 spiro atoms. The number of anilines is 1. The molecule has 6 rings (SSSR count). The van der Waals surface area contributed by atoms with E-state index < -0.39 is 0 Å². The number of fused-ring (bicyclic) bond motifs is 2. The molecule has 1 aliphatic heterocycles. The minimum Gasteiger partial charge on any atom is -0.383 e. The van der Waals surface area contributed by atoms with Crippen molar-refractivity contribution >= 4 is 40.1 Å². The number of piperidine rings is 1. The van der Waals surface area contributed by atoms with Crippen LogP contribution in [0.15, 0.2) is 63.9 Å². The second-order valence-electron chi connectivity index (χ2n) is 9.87. The van der Waals surface area contributed by atoms with Crippen molar-refractivity contribution in [3.05, 3.63) is 75.8 Å². The van der Waals surface area contributed by atoms with E-state index in [4.69, 9.17) is 27.1 Å². The standard InChI is InChI=1S/C27H28ClN7O2S/c1-37-12-11-35-16-33-18-4-5-20(24(28)23(18)26(35)36)38-22-15-31-21(14-32-22)34-9-6-27(7-10-34)13-19-17(25(27)29)3-2-8-30-19/h2-5,8,14-16,25H,6-7,9-13,29H2,1H3/t25-/m1/s1. The highest BCUT2D eigenvalue weighted by atomic mass is 35.5. The number of aromatic nitrogens is 5. The molecule has 2 aliphatic rings. The SMILES string of the molecule is COCCn1cnc2ccc(Sc3cnc(N4CCC5(CC4)Cc4ncccc4[C@H]5N)cn3)c(Cl)c2c1=O. The van der Waals surface area contributed by atoms with Gasteiger partial charge in [0.2, 0.25) is 0 Å². The number of benzene rings is 1. The van der Waals surface area contributed by atoms with E-state index in [0.717, 1.165) is 48.8 Å². The fourth-order valence-electron chi connectivity index (χ4n) is 5.58. The van der Waals surface area contributed by atoms with Crippen LogP contribution in [0.5, 0.6) is 0 Å². The minimum absolute atomic E-state index is 0.0317. The van der Waals surface area contributed by atoms with Crippen LogP contribution in [0, 0.1) is 5.41 Å². The van der Waals surface area contributed by atoms with Gasteiger partial charge < -0.3 is 15.4 Å². The quantitative estimate of drug-likeness (QED) is 0.383. The summed E-state index contributed by atoms with van der Waals surface area (Å²) in [5.41, 5.74) is 9.47. The number of nitrogens with zero attached hydrogens (tertiary/aromatic N) is 6. The van der Waals surface area contributed by atoms with Crippen LogP contribution in [0.25, 0.3) is 10.9 Å². The number of methoxy groups -OCH3 is 1. The van der Waals surface area contributed by atoms with E-state index in [2.05, 4.69) is 25.9 Å². The molecule has 9 nitrogen and oxygen atoms in total. The third kappa shape index (κ3) is 4.45. The van der Waals surface area contributed by atoms with Crippen LogP contribution in [0.4, 0.5) is 5.82 Å². The second-order valence-corrected chi connectivity index (χ2v) is 11.3. The summed E-state index contributed by atoms with van der Waals surface area (Å²) < 4.78 is 6.60. The summed E-state index contributed by atoms with van der Waals surface area (Å²) >= 11 is 8.06. The summed E-state index contributed by atoms with van der Waals surface area (Å²) in [4.78, 5) is 34.3. The number of hydrogen-bond donors (Lipinski definition) is 1. The first kappa shape index (κ1) is 25.2. The maximum absolute atomic E-state index is 13.0. The van der Waals surface area contributed by atoms with Crippen molar-refractivity contribution in [2.24, 2.45) is 11.1 Å². The maximum Gasteiger partial charge on any atom is 0.262 e. The lowest BCUT2D eigenvalue weighted by Gasteiger charge is -2.42. The van der Waals surface area contributed by atoms with Gasteiger partial charge in [-0.25, -0.2) is 15.0 Å². The van der Waals surface area contributed by atoms with Crippen molar-refractivity contribution in [1.29, 1.82) is 0 Å². The molecular formula is C27H28ClN7O2S. The first-order valence-electron chi connectivity index (χ1n) is 12.6. The molecule has 2 N–H and O–H groups in total. The van der Waals surface area contributed by atoms with Crippen molar-refractivity contribution in [3.8, 4) is 0 Å². The van der Waals surface area contributed by atoms with Gasteiger partial charge >= 0.3 is 0 Å².